The molecule has 0 aromatic carbocycles. The van der Waals surface area contributed by atoms with Crippen LogP contribution in [0.2, 0.25) is 0 Å². The van der Waals surface area contributed by atoms with Gasteiger partial charge in [-0.25, -0.2) is 0 Å². The Morgan fingerprint density at radius 3 is 1.12 bits per heavy atom. The van der Waals surface area contributed by atoms with Crippen LogP contribution in [0.25, 0.3) is 0 Å². The summed E-state index contributed by atoms with van der Waals surface area (Å²) in [7, 11) is 0. The van der Waals surface area contributed by atoms with Crippen molar-refractivity contribution >= 4 is 0 Å². The van der Waals surface area contributed by atoms with Gasteiger partial charge in [-0.15, -0.1) is 0 Å². The second-order valence-electron chi connectivity index (χ2n) is 11.0. The smallest absolute Gasteiger partial charge is 0.0672 e. The lowest BCUT2D eigenvalue weighted by atomic mass is 9.59. The van der Waals surface area contributed by atoms with Crippen molar-refractivity contribution in [3.8, 4) is 12.1 Å². The molecule has 0 saturated heterocycles. The molecule has 0 heterocycles. The van der Waals surface area contributed by atoms with Crippen molar-refractivity contribution in [1.29, 1.82) is 10.5 Å². The van der Waals surface area contributed by atoms with E-state index in [0.29, 0.717) is 46.3 Å². The SMILES string of the molecule is CC(C)(C)C1CC2C(C#N)C(C#N)C3CC(C(C)(C)C)CC3C2C1. The van der Waals surface area contributed by atoms with E-state index in [1.807, 2.05) is 0 Å². The predicted octanol–water partition coefficient (Wildman–Crippen LogP) is 5.66. The fourth-order valence-electron chi connectivity index (χ4n) is 6.32. The molecular weight excluding hydrogens is 292 g/mol. The molecule has 2 nitrogen and oxygen atoms in total. The van der Waals surface area contributed by atoms with Crippen LogP contribution in [-0.4, -0.2) is 0 Å². The van der Waals surface area contributed by atoms with Crippen LogP contribution in [-0.2, 0) is 0 Å². The number of nitriles is 2. The Balaban J connectivity index is 1.94. The van der Waals surface area contributed by atoms with Crippen molar-refractivity contribution in [3.05, 3.63) is 0 Å². The fraction of sp³-hybridized carbons (Fsp3) is 0.909. The van der Waals surface area contributed by atoms with E-state index in [-0.39, 0.29) is 11.8 Å². The largest absolute Gasteiger partial charge is 0.198 e. The molecule has 0 aromatic rings. The molecule has 0 N–H and O–H groups in total. The van der Waals surface area contributed by atoms with Gasteiger partial charge in [0.2, 0.25) is 0 Å². The van der Waals surface area contributed by atoms with Gasteiger partial charge in [-0.2, -0.15) is 10.5 Å². The molecule has 3 fully saturated rings. The topological polar surface area (TPSA) is 47.6 Å². The van der Waals surface area contributed by atoms with Crippen molar-refractivity contribution in [1.82, 2.24) is 0 Å². The highest BCUT2D eigenvalue weighted by atomic mass is 14.6. The summed E-state index contributed by atoms with van der Waals surface area (Å²) in [6.45, 7) is 14.1. The van der Waals surface area contributed by atoms with E-state index in [9.17, 15) is 10.5 Å². The first-order valence-electron chi connectivity index (χ1n) is 9.87. The zero-order valence-corrected chi connectivity index (χ0v) is 16.3. The second-order valence-corrected chi connectivity index (χ2v) is 11.0. The van der Waals surface area contributed by atoms with Crippen LogP contribution in [0.3, 0.4) is 0 Å². The first-order valence-corrected chi connectivity index (χ1v) is 9.87. The number of hydrogen-bond acceptors (Lipinski definition) is 2. The van der Waals surface area contributed by atoms with Gasteiger partial charge in [0, 0.05) is 0 Å². The Labute approximate surface area is 148 Å². The summed E-state index contributed by atoms with van der Waals surface area (Å²) in [4.78, 5) is 0. The molecule has 0 bridgehead atoms. The van der Waals surface area contributed by atoms with Crippen molar-refractivity contribution in [2.24, 2.45) is 58.2 Å². The Morgan fingerprint density at radius 1 is 0.583 bits per heavy atom. The molecule has 3 aliphatic rings. The molecule has 3 aliphatic carbocycles. The number of fused-ring (bicyclic) bond motifs is 3. The molecule has 0 aliphatic heterocycles. The van der Waals surface area contributed by atoms with Crippen molar-refractivity contribution in [3.63, 3.8) is 0 Å². The lowest BCUT2D eigenvalue weighted by Gasteiger charge is -2.42. The highest BCUT2D eigenvalue weighted by molar-refractivity contribution is 5.15. The maximum Gasteiger partial charge on any atom is 0.0672 e. The van der Waals surface area contributed by atoms with E-state index in [0.717, 1.165) is 12.8 Å². The summed E-state index contributed by atoms with van der Waals surface area (Å²) in [5.74, 6) is 3.62. The van der Waals surface area contributed by atoms with Gasteiger partial charge in [0.15, 0.2) is 0 Å². The lowest BCUT2D eigenvalue weighted by Crippen LogP contribution is -2.41. The van der Waals surface area contributed by atoms with Crippen LogP contribution in [0, 0.1) is 80.8 Å². The van der Waals surface area contributed by atoms with Gasteiger partial charge in [-0.05, 0) is 72.0 Å². The highest BCUT2D eigenvalue weighted by Crippen LogP contribution is 2.63. The fourth-order valence-corrected chi connectivity index (χ4v) is 6.32. The third-order valence-corrected chi connectivity index (χ3v) is 7.93. The minimum Gasteiger partial charge on any atom is -0.198 e. The zero-order valence-electron chi connectivity index (χ0n) is 16.3. The minimum atomic E-state index is -0.0349. The van der Waals surface area contributed by atoms with Gasteiger partial charge in [0.05, 0.1) is 24.0 Å². The third-order valence-electron chi connectivity index (χ3n) is 7.93. The molecule has 132 valence electrons. The van der Waals surface area contributed by atoms with Crippen LogP contribution in [0.5, 0.6) is 0 Å². The molecule has 8 unspecified atom stereocenters. The molecule has 24 heavy (non-hydrogen) atoms. The van der Waals surface area contributed by atoms with E-state index >= 15 is 0 Å². The van der Waals surface area contributed by atoms with E-state index in [1.54, 1.807) is 0 Å². The summed E-state index contributed by atoms with van der Waals surface area (Å²) in [5.41, 5.74) is 0.633. The molecule has 8 atom stereocenters. The maximum atomic E-state index is 9.87. The van der Waals surface area contributed by atoms with E-state index in [2.05, 4.69) is 53.7 Å². The Morgan fingerprint density at radius 2 is 0.875 bits per heavy atom. The van der Waals surface area contributed by atoms with Gasteiger partial charge < -0.3 is 0 Å². The van der Waals surface area contributed by atoms with Crippen LogP contribution in [0.1, 0.15) is 67.2 Å². The summed E-state index contributed by atoms with van der Waals surface area (Å²) in [6.07, 6.45) is 4.88. The predicted molar refractivity (Wildman–Crippen MR) is 96.5 cm³/mol. The monoisotopic (exact) mass is 326 g/mol. The minimum absolute atomic E-state index is 0.0349. The molecule has 3 rings (SSSR count). The standard InChI is InChI=1S/C22H34N2/c1-21(2,3)13-7-15-16-8-14(22(4,5)6)10-18(16)20(12-24)19(11-23)17(15)9-13/h13-20H,7-10H2,1-6H3. The van der Waals surface area contributed by atoms with Crippen LogP contribution in [0.15, 0.2) is 0 Å². The second kappa shape index (κ2) is 5.76. The maximum absolute atomic E-state index is 9.87. The molecule has 0 radical (unpaired) electrons. The molecule has 2 heteroatoms. The van der Waals surface area contributed by atoms with E-state index in [4.69, 9.17) is 0 Å². The van der Waals surface area contributed by atoms with Gasteiger partial charge in [-0.1, -0.05) is 41.5 Å². The Bertz CT molecular complexity index is 513. The molecule has 0 spiro atoms. The van der Waals surface area contributed by atoms with Gasteiger partial charge in [0.1, 0.15) is 0 Å². The van der Waals surface area contributed by atoms with Crippen LogP contribution >= 0.6 is 0 Å². The average Bonchev–Trinajstić information content (AvgIpc) is 3.07. The Hall–Kier alpha value is -1.02. The summed E-state index contributed by atoms with van der Waals surface area (Å²) in [5, 5.41) is 19.7. The van der Waals surface area contributed by atoms with Crippen molar-refractivity contribution in [2.75, 3.05) is 0 Å². The summed E-state index contributed by atoms with van der Waals surface area (Å²) < 4.78 is 0. The summed E-state index contributed by atoms with van der Waals surface area (Å²) >= 11 is 0. The van der Waals surface area contributed by atoms with Crippen molar-refractivity contribution < 1.29 is 0 Å². The highest BCUT2D eigenvalue weighted by Gasteiger charge is 2.58. The van der Waals surface area contributed by atoms with Gasteiger partial charge >= 0.3 is 0 Å². The molecule has 0 aromatic heterocycles. The zero-order chi connectivity index (χ0) is 17.9. The van der Waals surface area contributed by atoms with Gasteiger partial charge in [0.25, 0.3) is 0 Å². The van der Waals surface area contributed by atoms with Crippen LogP contribution < -0.4 is 0 Å². The first kappa shape index (κ1) is 17.8. The number of hydrogen-bond donors (Lipinski definition) is 0. The quantitative estimate of drug-likeness (QED) is 0.577. The molecule has 0 amide bonds. The lowest BCUT2D eigenvalue weighted by molar-refractivity contribution is 0.0656. The molecule has 3 saturated carbocycles. The van der Waals surface area contributed by atoms with Crippen LogP contribution in [0.4, 0.5) is 0 Å². The van der Waals surface area contributed by atoms with Gasteiger partial charge in [-0.3, -0.25) is 0 Å². The number of nitrogens with zero attached hydrogens (tertiary/aromatic N) is 2. The third kappa shape index (κ3) is 2.77. The van der Waals surface area contributed by atoms with E-state index < -0.39 is 0 Å². The normalized spacial score (nSPS) is 45.2. The molecular formula is C22H34N2. The van der Waals surface area contributed by atoms with Crippen molar-refractivity contribution in [2.45, 2.75) is 67.2 Å². The van der Waals surface area contributed by atoms with E-state index in [1.165, 1.54) is 12.8 Å². The average molecular weight is 327 g/mol. The first-order chi connectivity index (χ1) is 11.1. The Kier molecular flexibility index (Phi) is 4.27. The summed E-state index contributed by atoms with van der Waals surface area (Å²) in [6, 6.07) is 5.18. The number of rotatable bonds is 0.